The van der Waals surface area contributed by atoms with Crippen LogP contribution in [0.2, 0.25) is 0 Å². The highest BCUT2D eigenvalue weighted by Gasteiger charge is 2.31. The Kier molecular flexibility index (Phi) is 6.34. The summed E-state index contributed by atoms with van der Waals surface area (Å²) in [6.45, 7) is 2.34. The fourth-order valence-corrected chi connectivity index (χ4v) is 6.50. The van der Waals surface area contributed by atoms with Gasteiger partial charge in [-0.15, -0.1) is 22.7 Å². The summed E-state index contributed by atoms with van der Waals surface area (Å²) >= 11 is 3.11. The summed E-state index contributed by atoms with van der Waals surface area (Å²) in [4.78, 5) is 45.7. The van der Waals surface area contributed by atoms with E-state index in [-0.39, 0.29) is 17.5 Å². The second-order valence-corrected chi connectivity index (χ2v) is 11.3. The number of amides is 1. The average molecular weight is 545 g/mol. The fourth-order valence-electron chi connectivity index (χ4n) is 4.55. The van der Waals surface area contributed by atoms with Crippen molar-refractivity contribution in [2.24, 2.45) is 0 Å². The fraction of sp³-hybridized carbons (Fsp3) is 0.231. The molecule has 6 rings (SSSR count). The normalized spacial score (nSPS) is 15.3. The van der Waals surface area contributed by atoms with Gasteiger partial charge in [-0.25, -0.2) is 15.0 Å². The number of aromatic nitrogens is 5. The number of rotatable bonds is 7. The summed E-state index contributed by atoms with van der Waals surface area (Å²) in [7, 11) is 0. The van der Waals surface area contributed by atoms with Crippen LogP contribution in [0.15, 0.2) is 60.0 Å². The minimum atomic E-state index is -0.601. The Hall–Kier alpha value is -4.16. The van der Waals surface area contributed by atoms with Crippen molar-refractivity contribution in [2.75, 3.05) is 11.1 Å². The molecule has 38 heavy (non-hydrogen) atoms. The van der Waals surface area contributed by atoms with Crippen molar-refractivity contribution in [1.82, 2.24) is 29.8 Å². The molecule has 1 aliphatic rings. The van der Waals surface area contributed by atoms with Crippen LogP contribution in [-0.2, 0) is 17.8 Å². The number of fused-ring (bicyclic) bond motifs is 2. The van der Waals surface area contributed by atoms with E-state index in [1.807, 2.05) is 37.4 Å². The first-order chi connectivity index (χ1) is 18.5. The number of nitrogen functional groups attached to an aromatic ring is 1. The van der Waals surface area contributed by atoms with E-state index in [1.165, 1.54) is 4.57 Å². The van der Waals surface area contributed by atoms with Crippen molar-refractivity contribution in [1.29, 1.82) is 0 Å². The molecule has 10 nitrogen and oxygen atoms in total. The molecule has 0 fully saturated rings. The third kappa shape index (κ3) is 4.63. The number of anilines is 2. The Morgan fingerprint density at radius 3 is 2.84 bits per heavy atom. The van der Waals surface area contributed by atoms with Gasteiger partial charge in [0.2, 0.25) is 5.91 Å². The van der Waals surface area contributed by atoms with Crippen LogP contribution in [0.3, 0.4) is 0 Å². The quantitative estimate of drug-likeness (QED) is 0.280. The van der Waals surface area contributed by atoms with E-state index in [0.29, 0.717) is 36.7 Å². The molecule has 0 aliphatic carbocycles. The summed E-state index contributed by atoms with van der Waals surface area (Å²) in [6, 6.07) is 6.88. The van der Waals surface area contributed by atoms with Crippen LogP contribution in [0.5, 0.6) is 0 Å². The van der Waals surface area contributed by atoms with Crippen LogP contribution >= 0.6 is 22.7 Å². The van der Waals surface area contributed by atoms with Gasteiger partial charge >= 0.3 is 0 Å². The van der Waals surface area contributed by atoms with Gasteiger partial charge in [-0.2, -0.15) is 0 Å². The van der Waals surface area contributed by atoms with Crippen molar-refractivity contribution < 1.29 is 4.79 Å². The van der Waals surface area contributed by atoms with Crippen LogP contribution < -0.4 is 21.9 Å². The van der Waals surface area contributed by atoms with Gasteiger partial charge in [0, 0.05) is 56.6 Å². The molecule has 0 unspecified atom stereocenters. The second kappa shape index (κ2) is 9.95. The lowest BCUT2D eigenvalue weighted by molar-refractivity contribution is -0.124. The smallest absolute Gasteiger partial charge is 0.277 e. The standard InChI is InChI=1S/C26H24N8O2S2/c1-14(21-13-32-25(38-21)15-4-6-28-7-5-15)33-18-12-30-23-3-2-19(34(23)26(18)36)24(35)31-11-17-8-16-10-29-22(27)9-20(16)37-17/h4-10,12-14,19,33H,2-3,11H2,1H3,(H2,27,29)(H,31,35)/t14-,19+/m1/s1. The van der Waals surface area contributed by atoms with E-state index >= 15 is 0 Å². The van der Waals surface area contributed by atoms with Crippen molar-refractivity contribution in [2.45, 2.75) is 38.4 Å². The van der Waals surface area contributed by atoms with E-state index in [9.17, 15) is 9.59 Å². The van der Waals surface area contributed by atoms with E-state index < -0.39 is 6.04 Å². The molecule has 5 aromatic heterocycles. The topological polar surface area (TPSA) is 141 Å². The molecule has 1 amide bonds. The Morgan fingerprint density at radius 1 is 1.16 bits per heavy atom. The lowest BCUT2D eigenvalue weighted by atomic mass is 10.2. The molecular formula is C26H24N8O2S2. The highest BCUT2D eigenvalue weighted by atomic mass is 32.1. The molecule has 12 heteroatoms. The summed E-state index contributed by atoms with van der Waals surface area (Å²) in [5.41, 5.74) is 6.88. The van der Waals surface area contributed by atoms with E-state index in [1.54, 1.807) is 47.5 Å². The Morgan fingerprint density at radius 2 is 2.00 bits per heavy atom. The molecular weight excluding hydrogens is 520 g/mol. The summed E-state index contributed by atoms with van der Waals surface area (Å²) < 4.78 is 2.54. The second-order valence-electron chi connectivity index (χ2n) is 9.06. The van der Waals surface area contributed by atoms with Crippen molar-refractivity contribution in [3.63, 3.8) is 0 Å². The zero-order chi connectivity index (χ0) is 26.2. The highest BCUT2D eigenvalue weighted by Crippen LogP contribution is 2.31. The molecule has 4 N–H and O–H groups in total. The summed E-state index contributed by atoms with van der Waals surface area (Å²) in [5, 5.41) is 8.13. The number of nitrogens with two attached hydrogens (primary N) is 1. The van der Waals surface area contributed by atoms with Crippen LogP contribution in [-0.4, -0.2) is 30.4 Å². The zero-order valence-electron chi connectivity index (χ0n) is 20.4. The third-order valence-corrected chi connectivity index (χ3v) is 8.81. The van der Waals surface area contributed by atoms with E-state index in [2.05, 4.69) is 30.6 Å². The molecule has 5 aromatic rings. The molecule has 0 bridgehead atoms. The van der Waals surface area contributed by atoms with Crippen LogP contribution in [0.1, 0.15) is 41.0 Å². The number of pyridine rings is 2. The number of carbonyl (C=O) groups is 1. The maximum absolute atomic E-state index is 13.4. The monoisotopic (exact) mass is 544 g/mol. The molecule has 0 saturated heterocycles. The van der Waals surface area contributed by atoms with Gasteiger partial charge in [0.05, 0.1) is 18.8 Å². The highest BCUT2D eigenvalue weighted by molar-refractivity contribution is 7.19. The van der Waals surface area contributed by atoms with Crippen LogP contribution in [0.25, 0.3) is 20.7 Å². The number of hydrogen-bond donors (Lipinski definition) is 3. The first-order valence-corrected chi connectivity index (χ1v) is 13.7. The molecule has 6 heterocycles. The van der Waals surface area contributed by atoms with E-state index in [0.717, 1.165) is 30.4 Å². The zero-order valence-corrected chi connectivity index (χ0v) is 22.1. The number of nitrogens with one attached hydrogen (secondary N) is 2. The van der Waals surface area contributed by atoms with Crippen molar-refractivity contribution in [3.8, 4) is 10.6 Å². The first-order valence-electron chi connectivity index (χ1n) is 12.1. The van der Waals surface area contributed by atoms with Gasteiger partial charge in [0.25, 0.3) is 5.56 Å². The molecule has 0 saturated carbocycles. The molecule has 1 aliphatic heterocycles. The molecule has 2 atom stereocenters. The lowest BCUT2D eigenvalue weighted by Gasteiger charge is -2.17. The van der Waals surface area contributed by atoms with Crippen molar-refractivity contribution >= 4 is 50.2 Å². The number of aryl methyl sites for hydroxylation is 1. The summed E-state index contributed by atoms with van der Waals surface area (Å²) in [5.74, 6) is 0.888. The van der Waals surface area contributed by atoms with Crippen molar-refractivity contribution in [3.05, 3.63) is 81.2 Å². The predicted molar refractivity (Wildman–Crippen MR) is 149 cm³/mol. The lowest BCUT2D eigenvalue weighted by Crippen LogP contribution is -2.36. The Bertz CT molecular complexity index is 1690. The maximum Gasteiger partial charge on any atom is 0.277 e. The predicted octanol–water partition coefficient (Wildman–Crippen LogP) is 3.93. The van der Waals surface area contributed by atoms with Crippen LogP contribution in [0, 0.1) is 0 Å². The number of nitrogens with zero attached hydrogens (tertiary/aromatic N) is 5. The van der Waals surface area contributed by atoms with Gasteiger partial charge < -0.3 is 16.4 Å². The molecule has 0 aromatic carbocycles. The Labute approximate surface area is 225 Å². The molecule has 0 radical (unpaired) electrons. The largest absolute Gasteiger partial charge is 0.384 e. The van der Waals surface area contributed by atoms with Gasteiger partial charge in [-0.1, -0.05) is 0 Å². The minimum absolute atomic E-state index is 0.165. The summed E-state index contributed by atoms with van der Waals surface area (Å²) in [6.07, 6.45) is 9.67. The number of carbonyl (C=O) groups excluding carboxylic acids is 1. The number of thiophene rings is 1. The van der Waals surface area contributed by atoms with Crippen LogP contribution in [0.4, 0.5) is 11.5 Å². The molecule has 192 valence electrons. The van der Waals surface area contributed by atoms with Gasteiger partial charge in [-0.05, 0) is 37.6 Å². The third-order valence-electron chi connectivity index (χ3n) is 6.49. The van der Waals surface area contributed by atoms with E-state index in [4.69, 9.17) is 5.73 Å². The van der Waals surface area contributed by atoms with Gasteiger partial charge in [-0.3, -0.25) is 19.1 Å². The first kappa shape index (κ1) is 24.2. The van der Waals surface area contributed by atoms with Gasteiger partial charge in [0.1, 0.15) is 28.4 Å². The average Bonchev–Trinajstić information content (AvgIpc) is 3.67. The van der Waals surface area contributed by atoms with Gasteiger partial charge in [0.15, 0.2) is 0 Å². The minimum Gasteiger partial charge on any atom is -0.384 e. The number of hydrogen-bond acceptors (Lipinski definition) is 10. The Balaban J connectivity index is 1.16. The molecule has 0 spiro atoms. The SMILES string of the molecule is C[C@@H](Nc1cnc2n(c1=O)[C@H](C(=O)NCc1cc3cnc(N)cc3s1)CC2)c1cnc(-c2ccncc2)s1. The number of thiazole rings is 1. The maximum atomic E-state index is 13.4.